The van der Waals surface area contributed by atoms with Crippen molar-refractivity contribution in [3.05, 3.63) is 45.2 Å². The van der Waals surface area contributed by atoms with E-state index in [9.17, 15) is 4.79 Å². The molecule has 0 bridgehead atoms. The summed E-state index contributed by atoms with van der Waals surface area (Å²) in [5.41, 5.74) is 1.95. The first kappa shape index (κ1) is 14.6. The van der Waals surface area contributed by atoms with E-state index in [0.717, 1.165) is 12.1 Å². The minimum Gasteiger partial charge on any atom is -0.495 e. The van der Waals surface area contributed by atoms with Crippen LogP contribution in [0.4, 0.5) is 0 Å². The van der Waals surface area contributed by atoms with E-state index in [0.29, 0.717) is 28.6 Å². The number of aromatic nitrogens is 2. The Kier molecular flexibility index (Phi) is 4.76. The van der Waals surface area contributed by atoms with E-state index in [1.165, 1.54) is 0 Å². The zero-order valence-corrected chi connectivity index (χ0v) is 12.1. The van der Waals surface area contributed by atoms with E-state index in [1.54, 1.807) is 25.3 Å². The molecule has 0 amide bonds. The minimum absolute atomic E-state index is 0.186. The molecule has 0 aliphatic carbocycles. The molecule has 0 radical (unpaired) electrons. The van der Waals surface area contributed by atoms with Gasteiger partial charge in [0.25, 0.3) is 5.56 Å². The Morgan fingerprint density at radius 2 is 2.20 bits per heavy atom. The number of rotatable bonds is 5. The van der Waals surface area contributed by atoms with Gasteiger partial charge < -0.3 is 10.1 Å². The highest BCUT2D eigenvalue weighted by Crippen LogP contribution is 2.29. The lowest BCUT2D eigenvalue weighted by Crippen LogP contribution is -2.21. The highest BCUT2D eigenvalue weighted by atomic mass is 35.5. The molecule has 0 fully saturated rings. The van der Waals surface area contributed by atoms with Gasteiger partial charge in [-0.05, 0) is 30.8 Å². The number of aromatic amines is 1. The van der Waals surface area contributed by atoms with Crippen LogP contribution in [-0.2, 0) is 6.54 Å². The Morgan fingerprint density at radius 1 is 1.40 bits per heavy atom. The lowest BCUT2D eigenvalue weighted by Gasteiger charge is -2.07. The molecule has 6 heteroatoms. The van der Waals surface area contributed by atoms with Crippen LogP contribution in [0.15, 0.2) is 29.1 Å². The van der Waals surface area contributed by atoms with Gasteiger partial charge in [-0.15, -0.1) is 0 Å². The van der Waals surface area contributed by atoms with Gasteiger partial charge in [-0.3, -0.25) is 4.79 Å². The van der Waals surface area contributed by atoms with Crippen LogP contribution in [-0.4, -0.2) is 23.9 Å². The maximum absolute atomic E-state index is 11.7. The molecule has 0 aliphatic heterocycles. The Hall–Kier alpha value is -1.85. The Labute approximate surface area is 121 Å². The number of hydrogen-bond donors (Lipinski definition) is 2. The topological polar surface area (TPSA) is 67.0 Å². The molecule has 2 aromatic rings. The van der Waals surface area contributed by atoms with Crippen LogP contribution in [0.1, 0.15) is 12.5 Å². The molecular formula is C14H16ClN3O2. The smallest absolute Gasteiger partial charge is 0.268 e. The van der Waals surface area contributed by atoms with Crippen LogP contribution >= 0.6 is 11.6 Å². The monoisotopic (exact) mass is 293 g/mol. The molecule has 0 aliphatic rings. The summed E-state index contributed by atoms with van der Waals surface area (Å²) in [6.07, 6.45) is 0. The molecule has 2 N–H and O–H groups in total. The second-order valence-corrected chi connectivity index (χ2v) is 4.64. The molecule has 0 unspecified atom stereocenters. The number of methoxy groups -OCH3 is 1. The van der Waals surface area contributed by atoms with Crippen molar-refractivity contribution in [1.29, 1.82) is 0 Å². The van der Waals surface area contributed by atoms with Crippen molar-refractivity contribution in [3.8, 4) is 17.0 Å². The fraction of sp³-hybridized carbons (Fsp3) is 0.286. The third-order valence-corrected chi connectivity index (χ3v) is 3.19. The van der Waals surface area contributed by atoms with Crippen molar-refractivity contribution < 1.29 is 4.74 Å². The lowest BCUT2D eigenvalue weighted by atomic mass is 10.1. The normalized spacial score (nSPS) is 10.6. The Bertz CT molecular complexity index is 655. The van der Waals surface area contributed by atoms with Crippen molar-refractivity contribution >= 4 is 11.6 Å². The van der Waals surface area contributed by atoms with Gasteiger partial charge in [-0.2, -0.15) is 5.10 Å². The van der Waals surface area contributed by atoms with Crippen molar-refractivity contribution in [1.82, 2.24) is 15.5 Å². The number of H-pyrrole nitrogens is 1. The van der Waals surface area contributed by atoms with Gasteiger partial charge in [0.1, 0.15) is 5.75 Å². The molecule has 2 rings (SSSR count). The third-order valence-electron chi connectivity index (χ3n) is 2.89. The van der Waals surface area contributed by atoms with Crippen LogP contribution in [0.25, 0.3) is 11.3 Å². The number of halogens is 1. The van der Waals surface area contributed by atoms with E-state index >= 15 is 0 Å². The SMILES string of the molecule is CCNCc1cc(-c2ccc(OC)c(Cl)c2)n[nH]c1=O. The first-order chi connectivity index (χ1) is 9.65. The maximum atomic E-state index is 11.7. The van der Waals surface area contributed by atoms with Crippen molar-refractivity contribution in [2.24, 2.45) is 0 Å². The quantitative estimate of drug-likeness (QED) is 0.887. The van der Waals surface area contributed by atoms with Crippen molar-refractivity contribution in [2.45, 2.75) is 13.5 Å². The van der Waals surface area contributed by atoms with Crippen LogP contribution < -0.4 is 15.6 Å². The van der Waals surface area contributed by atoms with Gasteiger partial charge in [-0.1, -0.05) is 18.5 Å². The molecule has 0 saturated heterocycles. The van der Waals surface area contributed by atoms with Gasteiger partial charge in [0.2, 0.25) is 0 Å². The van der Waals surface area contributed by atoms with Gasteiger partial charge >= 0.3 is 0 Å². The Balaban J connectivity index is 2.37. The van der Waals surface area contributed by atoms with Gasteiger partial charge in [0, 0.05) is 17.7 Å². The molecule has 0 spiro atoms. The predicted molar refractivity (Wildman–Crippen MR) is 79.2 cm³/mol. The molecule has 0 atom stereocenters. The summed E-state index contributed by atoms with van der Waals surface area (Å²) in [6, 6.07) is 7.15. The molecule has 1 aromatic carbocycles. The van der Waals surface area contributed by atoms with Gasteiger partial charge in [-0.25, -0.2) is 5.10 Å². The summed E-state index contributed by atoms with van der Waals surface area (Å²) in [7, 11) is 1.56. The van der Waals surface area contributed by atoms with Gasteiger partial charge in [0.15, 0.2) is 0 Å². The van der Waals surface area contributed by atoms with E-state index < -0.39 is 0 Å². The van der Waals surface area contributed by atoms with Crippen LogP contribution in [0.5, 0.6) is 5.75 Å². The molecule has 0 saturated carbocycles. The van der Waals surface area contributed by atoms with E-state index in [2.05, 4.69) is 15.5 Å². The predicted octanol–water partition coefficient (Wildman–Crippen LogP) is 2.21. The first-order valence-corrected chi connectivity index (χ1v) is 6.66. The number of ether oxygens (including phenoxy) is 1. The van der Waals surface area contributed by atoms with Crippen molar-refractivity contribution in [3.63, 3.8) is 0 Å². The molecule has 1 aromatic heterocycles. The zero-order valence-electron chi connectivity index (χ0n) is 11.4. The fourth-order valence-corrected chi connectivity index (χ4v) is 2.07. The number of benzene rings is 1. The van der Waals surface area contributed by atoms with E-state index in [4.69, 9.17) is 16.3 Å². The van der Waals surface area contributed by atoms with Gasteiger partial charge in [0.05, 0.1) is 17.8 Å². The lowest BCUT2D eigenvalue weighted by molar-refractivity contribution is 0.415. The summed E-state index contributed by atoms with van der Waals surface area (Å²) >= 11 is 6.10. The summed E-state index contributed by atoms with van der Waals surface area (Å²) < 4.78 is 5.11. The molecule has 106 valence electrons. The summed E-state index contributed by atoms with van der Waals surface area (Å²) in [5.74, 6) is 0.604. The summed E-state index contributed by atoms with van der Waals surface area (Å²) in [5, 5.41) is 10.2. The molecular weight excluding hydrogens is 278 g/mol. The number of nitrogens with zero attached hydrogens (tertiary/aromatic N) is 1. The average molecular weight is 294 g/mol. The number of hydrogen-bond acceptors (Lipinski definition) is 4. The second kappa shape index (κ2) is 6.54. The molecule has 1 heterocycles. The van der Waals surface area contributed by atoms with Crippen LogP contribution in [0.3, 0.4) is 0 Å². The van der Waals surface area contributed by atoms with Crippen molar-refractivity contribution in [2.75, 3.05) is 13.7 Å². The zero-order chi connectivity index (χ0) is 14.5. The molecule has 5 nitrogen and oxygen atoms in total. The largest absolute Gasteiger partial charge is 0.495 e. The highest BCUT2D eigenvalue weighted by Gasteiger charge is 2.08. The second-order valence-electron chi connectivity index (χ2n) is 4.24. The third kappa shape index (κ3) is 3.18. The fourth-order valence-electron chi connectivity index (χ4n) is 1.81. The standard InChI is InChI=1S/C14H16ClN3O2/c1-3-16-8-10-7-12(17-18-14(10)19)9-4-5-13(20-2)11(15)6-9/h4-7,16H,3,8H2,1-2H3,(H,18,19). The molecule has 20 heavy (non-hydrogen) atoms. The maximum Gasteiger partial charge on any atom is 0.268 e. The first-order valence-electron chi connectivity index (χ1n) is 6.29. The summed E-state index contributed by atoms with van der Waals surface area (Å²) in [6.45, 7) is 3.29. The number of nitrogens with one attached hydrogen (secondary N) is 2. The average Bonchev–Trinajstić information content (AvgIpc) is 2.46. The highest BCUT2D eigenvalue weighted by molar-refractivity contribution is 6.32. The Morgan fingerprint density at radius 3 is 2.85 bits per heavy atom. The van der Waals surface area contributed by atoms with E-state index in [1.807, 2.05) is 13.0 Å². The van der Waals surface area contributed by atoms with Crippen LogP contribution in [0, 0.1) is 0 Å². The van der Waals surface area contributed by atoms with Crippen LogP contribution in [0.2, 0.25) is 5.02 Å². The van der Waals surface area contributed by atoms with E-state index in [-0.39, 0.29) is 5.56 Å². The minimum atomic E-state index is -0.186. The summed E-state index contributed by atoms with van der Waals surface area (Å²) in [4.78, 5) is 11.7.